The number of nitrogens with one attached hydrogen (secondary N) is 1. The minimum absolute atomic E-state index is 0.564. The molecule has 0 unspecified atom stereocenters. The lowest BCUT2D eigenvalue weighted by molar-refractivity contribution is 0.252. The Morgan fingerprint density at radius 3 is 2.86 bits per heavy atom. The van der Waals surface area contributed by atoms with E-state index in [4.69, 9.17) is 28.9 Å². The maximum atomic E-state index is 6.37. The highest BCUT2D eigenvalue weighted by Gasteiger charge is 2.22. The summed E-state index contributed by atoms with van der Waals surface area (Å²) in [5.41, 5.74) is 8.11. The molecule has 1 aliphatic carbocycles. The van der Waals surface area contributed by atoms with E-state index in [1.165, 1.54) is 17.0 Å². The Kier molecular flexibility index (Phi) is 6.63. The summed E-state index contributed by atoms with van der Waals surface area (Å²) in [5, 5.41) is 5.74. The van der Waals surface area contributed by atoms with Gasteiger partial charge in [0.05, 0.1) is 21.4 Å². The summed E-state index contributed by atoms with van der Waals surface area (Å²) in [7, 11) is 0. The Bertz CT molecular complexity index is 804. The van der Waals surface area contributed by atoms with Crippen molar-refractivity contribution in [3.05, 3.63) is 38.8 Å². The molecule has 2 heterocycles. The smallest absolute Gasteiger partial charge is 0.180 e. The lowest BCUT2D eigenvalue weighted by atomic mass is 9.97. The first-order valence-electron chi connectivity index (χ1n) is 9.99. The van der Waals surface area contributed by atoms with Crippen LogP contribution >= 0.6 is 34.5 Å². The fraction of sp³-hybridized carbons (Fsp3) is 0.550. The third-order valence-electron chi connectivity index (χ3n) is 5.68. The van der Waals surface area contributed by atoms with Gasteiger partial charge in [0.25, 0.3) is 0 Å². The molecule has 1 aromatic heterocycles. The van der Waals surface area contributed by atoms with Gasteiger partial charge in [-0.2, -0.15) is 0 Å². The van der Waals surface area contributed by atoms with Gasteiger partial charge in [-0.15, -0.1) is 11.3 Å². The van der Waals surface area contributed by atoms with Crippen LogP contribution in [0.3, 0.4) is 0 Å². The van der Waals surface area contributed by atoms with Gasteiger partial charge < -0.3 is 16.0 Å². The van der Waals surface area contributed by atoms with Crippen LogP contribution in [-0.4, -0.2) is 55.2 Å². The van der Waals surface area contributed by atoms with E-state index in [0.717, 1.165) is 64.2 Å². The van der Waals surface area contributed by atoms with Crippen molar-refractivity contribution in [1.82, 2.24) is 15.2 Å². The zero-order valence-corrected chi connectivity index (χ0v) is 18.3. The number of nitrogens with zero attached hydrogens (tertiary/aromatic N) is 3. The van der Waals surface area contributed by atoms with Gasteiger partial charge in [-0.25, -0.2) is 4.98 Å². The molecule has 1 aliphatic heterocycles. The molecule has 0 spiro atoms. The second-order valence-electron chi connectivity index (χ2n) is 7.57. The normalized spacial score (nSPS) is 20.4. The molecule has 0 amide bonds. The number of hydrogen-bond acceptors (Lipinski definition) is 6. The van der Waals surface area contributed by atoms with E-state index < -0.39 is 0 Å². The van der Waals surface area contributed by atoms with Crippen LogP contribution in [0.2, 0.25) is 10.0 Å². The van der Waals surface area contributed by atoms with Gasteiger partial charge in [0.1, 0.15) is 0 Å². The Hall–Kier alpha value is -1.05. The number of thiazole rings is 1. The van der Waals surface area contributed by atoms with Crippen molar-refractivity contribution in [3.8, 4) is 0 Å². The fourth-order valence-corrected chi connectivity index (χ4v) is 5.50. The summed E-state index contributed by atoms with van der Waals surface area (Å²) < 4.78 is 0. The molecular weight excluding hydrogens is 413 g/mol. The minimum atomic E-state index is 0.564. The average molecular weight is 440 g/mol. The summed E-state index contributed by atoms with van der Waals surface area (Å²) in [5.74, 6) is 0. The molecule has 1 saturated heterocycles. The molecule has 152 valence electrons. The summed E-state index contributed by atoms with van der Waals surface area (Å²) in [6, 6.07) is 6.43. The van der Waals surface area contributed by atoms with E-state index in [1.54, 1.807) is 11.3 Å². The van der Waals surface area contributed by atoms with Gasteiger partial charge >= 0.3 is 0 Å². The average Bonchev–Trinajstić information content (AvgIpc) is 3.07. The van der Waals surface area contributed by atoms with Crippen LogP contribution in [0, 0.1) is 0 Å². The SMILES string of the molecule is Nc1nc2c(s1)C[C@@H](NCCCN1CCN(c3cccc(Cl)c3Cl)CC1)CC2. The number of rotatable bonds is 6. The number of aromatic nitrogens is 1. The molecule has 5 nitrogen and oxygen atoms in total. The van der Waals surface area contributed by atoms with Crippen LogP contribution in [0.25, 0.3) is 0 Å². The molecule has 0 bridgehead atoms. The summed E-state index contributed by atoms with van der Waals surface area (Å²) in [6.45, 7) is 6.31. The van der Waals surface area contributed by atoms with Crippen molar-refractivity contribution in [1.29, 1.82) is 0 Å². The lowest BCUT2D eigenvalue weighted by Crippen LogP contribution is -2.47. The van der Waals surface area contributed by atoms with Crippen LogP contribution in [-0.2, 0) is 12.8 Å². The van der Waals surface area contributed by atoms with Crippen molar-refractivity contribution >= 4 is 45.4 Å². The second kappa shape index (κ2) is 9.18. The van der Waals surface area contributed by atoms with Gasteiger partial charge in [0.2, 0.25) is 0 Å². The van der Waals surface area contributed by atoms with Gasteiger partial charge in [0, 0.05) is 37.1 Å². The van der Waals surface area contributed by atoms with Gasteiger partial charge in [-0.1, -0.05) is 29.3 Å². The summed E-state index contributed by atoms with van der Waals surface area (Å²) in [4.78, 5) is 10.7. The number of nitrogens with two attached hydrogens (primary N) is 1. The third-order valence-corrected chi connectivity index (χ3v) is 7.44. The van der Waals surface area contributed by atoms with E-state index in [9.17, 15) is 0 Å². The molecular formula is C20H27Cl2N5S. The molecule has 3 N–H and O–H groups in total. The van der Waals surface area contributed by atoms with Crippen molar-refractivity contribution < 1.29 is 0 Å². The zero-order chi connectivity index (χ0) is 19.5. The third kappa shape index (κ3) is 4.74. The minimum Gasteiger partial charge on any atom is -0.375 e. The highest BCUT2D eigenvalue weighted by Crippen LogP contribution is 2.33. The summed E-state index contributed by atoms with van der Waals surface area (Å²) >= 11 is 14.2. The molecule has 0 saturated carbocycles. The number of anilines is 2. The van der Waals surface area contributed by atoms with E-state index >= 15 is 0 Å². The first-order chi connectivity index (χ1) is 13.6. The molecule has 1 atom stereocenters. The van der Waals surface area contributed by atoms with Gasteiger partial charge in [0.15, 0.2) is 5.13 Å². The van der Waals surface area contributed by atoms with Crippen LogP contribution < -0.4 is 16.0 Å². The number of nitrogen functional groups attached to an aromatic ring is 1. The second-order valence-corrected chi connectivity index (χ2v) is 9.47. The van der Waals surface area contributed by atoms with Crippen molar-refractivity contribution in [2.24, 2.45) is 0 Å². The zero-order valence-electron chi connectivity index (χ0n) is 16.0. The number of aryl methyl sites for hydroxylation is 1. The van der Waals surface area contributed by atoms with Crippen LogP contribution in [0.5, 0.6) is 0 Å². The topological polar surface area (TPSA) is 57.4 Å². The van der Waals surface area contributed by atoms with E-state index in [-0.39, 0.29) is 0 Å². The molecule has 8 heteroatoms. The molecule has 1 fully saturated rings. The first kappa shape index (κ1) is 20.2. The van der Waals surface area contributed by atoms with Crippen molar-refractivity contribution in [2.75, 3.05) is 49.9 Å². The molecule has 2 aliphatic rings. The van der Waals surface area contributed by atoms with Gasteiger partial charge in [-0.05, 0) is 50.9 Å². The number of halogens is 2. The number of benzene rings is 1. The quantitative estimate of drug-likeness (QED) is 0.671. The van der Waals surface area contributed by atoms with Crippen molar-refractivity contribution in [3.63, 3.8) is 0 Å². The van der Waals surface area contributed by atoms with E-state index in [2.05, 4.69) is 26.2 Å². The molecule has 0 radical (unpaired) electrons. The lowest BCUT2D eigenvalue weighted by Gasteiger charge is -2.36. The first-order valence-corrected chi connectivity index (χ1v) is 11.6. The summed E-state index contributed by atoms with van der Waals surface area (Å²) in [6.07, 6.45) is 4.46. The molecule has 4 rings (SSSR count). The van der Waals surface area contributed by atoms with E-state index in [0.29, 0.717) is 21.2 Å². The van der Waals surface area contributed by atoms with Gasteiger partial charge in [-0.3, -0.25) is 4.90 Å². The number of hydrogen-bond donors (Lipinski definition) is 2. The van der Waals surface area contributed by atoms with E-state index in [1.807, 2.05) is 12.1 Å². The number of piperazine rings is 1. The standard InChI is InChI=1S/C20H27Cl2N5S/c21-15-3-1-4-17(19(15)22)27-11-9-26(10-12-27)8-2-7-24-14-5-6-16-18(13-14)28-20(23)25-16/h1,3-4,14,24H,2,5-13H2,(H2,23,25)/t14-/m0/s1. The Morgan fingerprint density at radius 1 is 1.21 bits per heavy atom. The number of fused-ring (bicyclic) bond motifs is 1. The highest BCUT2D eigenvalue weighted by molar-refractivity contribution is 7.15. The van der Waals surface area contributed by atoms with Crippen LogP contribution in [0.4, 0.5) is 10.8 Å². The van der Waals surface area contributed by atoms with Crippen LogP contribution in [0.1, 0.15) is 23.4 Å². The monoisotopic (exact) mass is 439 g/mol. The molecule has 28 heavy (non-hydrogen) atoms. The Labute approximate surface area is 180 Å². The highest BCUT2D eigenvalue weighted by atomic mass is 35.5. The predicted octanol–water partition coefficient (Wildman–Crippen LogP) is 3.69. The fourth-order valence-electron chi connectivity index (χ4n) is 4.13. The molecule has 2 aromatic rings. The largest absolute Gasteiger partial charge is 0.375 e. The Morgan fingerprint density at radius 2 is 2.04 bits per heavy atom. The van der Waals surface area contributed by atoms with Crippen molar-refractivity contribution in [2.45, 2.75) is 31.7 Å². The Balaban J connectivity index is 1.16. The maximum Gasteiger partial charge on any atom is 0.180 e. The predicted molar refractivity (Wildman–Crippen MR) is 120 cm³/mol. The van der Waals surface area contributed by atoms with Crippen LogP contribution in [0.15, 0.2) is 18.2 Å². The maximum absolute atomic E-state index is 6.37. The molecule has 1 aromatic carbocycles.